The molecule has 0 aliphatic carbocycles. The number of sulfonamides is 1. The summed E-state index contributed by atoms with van der Waals surface area (Å²) in [5.74, 6) is -0.231. The number of para-hydroxylation sites is 1. The van der Waals surface area contributed by atoms with Gasteiger partial charge in [-0.3, -0.25) is 20.4 Å². The Morgan fingerprint density at radius 2 is 1.68 bits per heavy atom. The van der Waals surface area contributed by atoms with E-state index in [4.69, 9.17) is 14.2 Å². The smallest absolute Gasteiger partial charge is 0.276 e. The van der Waals surface area contributed by atoms with Gasteiger partial charge < -0.3 is 14.2 Å². The molecule has 2 aromatic rings. The van der Waals surface area contributed by atoms with Gasteiger partial charge in [-0.1, -0.05) is 24.3 Å². The minimum Gasteiger partial charge on any atom is -0.495 e. The summed E-state index contributed by atoms with van der Waals surface area (Å²) >= 11 is 0. The molecule has 0 spiro atoms. The van der Waals surface area contributed by atoms with Crippen LogP contribution in [-0.4, -0.2) is 64.6 Å². The van der Waals surface area contributed by atoms with E-state index in [1.54, 1.807) is 6.07 Å². The van der Waals surface area contributed by atoms with Crippen molar-refractivity contribution in [2.24, 2.45) is 0 Å². The lowest BCUT2D eigenvalue weighted by Crippen LogP contribution is -2.44. The predicted molar refractivity (Wildman–Crippen MR) is 124 cm³/mol. The van der Waals surface area contributed by atoms with E-state index in [2.05, 4.69) is 10.9 Å². The first-order valence-electron chi connectivity index (χ1n) is 10.7. The fraction of sp³-hybridized carbons (Fsp3) is 0.391. The maximum absolute atomic E-state index is 13.1. The van der Waals surface area contributed by atoms with Gasteiger partial charge in [0.2, 0.25) is 15.9 Å². The van der Waals surface area contributed by atoms with Crippen molar-refractivity contribution in [1.82, 2.24) is 15.2 Å². The van der Waals surface area contributed by atoms with Crippen LogP contribution in [0.25, 0.3) is 0 Å². The van der Waals surface area contributed by atoms with Crippen LogP contribution in [0.3, 0.4) is 0 Å². The molecule has 1 fully saturated rings. The van der Waals surface area contributed by atoms with Crippen LogP contribution in [-0.2, 0) is 30.8 Å². The van der Waals surface area contributed by atoms with Crippen LogP contribution in [0.5, 0.6) is 11.5 Å². The van der Waals surface area contributed by atoms with Crippen molar-refractivity contribution in [3.63, 3.8) is 0 Å². The summed E-state index contributed by atoms with van der Waals surface area (Å²) in [6.07, 6.45) is -0.145. The number of aryl methyl sites for hydroxylation is 2. The Morgan fingerprint density at radius 3 is 2.32 bits per heavy atom. The van der Waals surface area contributed by atoms with Crippen molar-refractivity contribution in [1.29, 1.82) is 0 Å². The van der Waals surface area contributed by atoms with Crippen LogP contribution in [0.15, 0.2) is 41.3 Å². The molecule has 2 N–H and O–H groups in total. The number of methoxy groups -OCH3 is 1. The van der Waals surface area contributed by atoms with Gasteiger partial charge in [-0.25, -0.2) is 8.42 Å². The highest BCUT2D eigenvalue weighted by molar-refractivity contribution is 7.89. The fourth-order valence-electron chi connectivity index (χ4n) is 3.53. The number of ether oxygens (including phenoxy) is 3. The third-order valence-corrected chi connectivity index (χ3v) is 7.20. The molecule has 1 aliphatic rings. The molecule has 0 saturated carbocycles. The summed E-state index contributed by atoms with van der Waals surface area (Å²) in [4.78, 5) is 24.4. The number of amides is 2. The van der Waals surface area contributed by atoms with Crippen molar-refractivity contribution in [3.8, 4) is 11.5 Å². The fourth-order valence-corrected chi connectivity index (χ4v) is 5.14. The Morgan fingerprint density at radius 1 is 1.03 bits per heavy atom. The van der Waals surface area contributed by atoms with Gasteiger partial charge in [-0.05, 0) is 42.7 Å². The maximum atomic E-state index is 13.1. The zero-order chi connectivity index (χ0) is 24.7. The first-order valence-corrected chi connectivity index (χ1v) is 12.2. The van der Waals surface area contributed by atoms with Crippen LogP contribution >= 0.6 is 0 Å². The standard InChI is InChI=1S/C23H29N3O7S/c1-16-5-4-6-17(2)23(16)33-15-22(28)25-24-21(27)14-18-7-8-19(31-3)20(13-18)34(29,30)26-9-11-32-12-10-26/h4-8,13H,9-12,14-15H2,1-3H3,(H,24,27)(H,25,28). The molecule has 11 heteroatoms. The number of morpholine rings is 1. The van der Waals surface area contributed by atoms with Crippen LogP contribution in [0.1, 0.15) is 16.7 Å². The number of benzene rings is 2. The number of hydrazine groups is 1. The summed E-state index contributed by atoms with van der Waals surface area (Å²) in [6, 6.07) is 10.2. The SMILES string of the molecule is COc1ccc(CC(=O)NNC(=O)COc2c(C)cccc2C)cc1S(=O)(=O)N1CCOCC1. The summed E-state index contributed by atoms with van der Waals surface area (Å²) in [7, 11) is -2.43. The van der Waals surface area contributed by atoms with Gasteiger partial charge in [0.25, 0.3) is 5.91 Å². The maximum Gasteiger partial charge on any atom is 0.276 e. The number of carbonyl (C=O) groups is 2. The highest BCUT2D eigenvalue weighted by atomic mass is 32.2. The average Bonchev–Trinajstić information content (AvgIpc) is 2.83. The lowest BCUT2D eigenvalue weighted by Gasteiger charge is -2.26. The Hall–Kier alpha value is -3.15. The third-order valence-electron chi connectivity index (χ3n) is 5.28. The van der Waals surface area contributed by atoms with E-state index < -0.39 is 21.8 Å². The monoisotopic (exact) mass is 491 g/mol. The van der Waals surface area contributed by atoms with Gasteiger partial charge in [-0.2, -0.15) is 4.31 Å². The molecule has 0 unspecified atom stereocenters. The summed E-state index contributed by atoms with van der Waals surface area (Å²) < 4.78 is 43.5. The molecular formula is C23H29N3O7S. The van der Waals surface area contributed by atoms with Gasteiger partial charge >= 0.3 is 0 Å². The summed E-state index contributed by atoms with van der Waals surface area (Å²) in [6.45, 7) is 4.61. The number of rotatable bonds is 8. The van der Waals surface area contributed by atoms with Crippen molar-refractivity contribution in [3.05, 3.63) is 53.1 Å². The van der Waals surface area contributed by atoms with E-state index in [0.717, 1.165) is 11.1 Å². The van der Waals surface area contributed by atoms with Gasteiger partial charge in [0.15, 0.2) is 6.61 Å². The molecule has 1 saturated heterocycles. The molecule has 1 heterocycles. The molecule has 1 aliphatic heterocycles. The van der Waals surface area contributed by atoms with E-state index in [0.29, 0.717) is 24.5 Å². The van der Waals surface area contributed by atoms with Gasteiger partial charge in [0, 0.05) is 13.1 Å². The summed E-state index contributed by atoms with van der Waals surface area (Å²) in [5, 5.41) is 0. The van der Waals surface area contributed by atoms with E-state index in [9.17, 15) is 18.0 Å². The normalized spacial score (nSPS) is 14.3. The van der Waals surface area contributed by atoms with Gasteiger partial charge in [-0.15, -0.1) is 0 Å². The molecule has 0 bridgehead atoms. The number of nitrogens with zero attached hydrogens (tertiary/aromatic N) is 1. The molecule has 0 radical (unpaired) electrons. The van der Waals surface area contributed by atoms with Crippen LogP contribution < -0.4 is 20.3 Å². The van der Waals surface area contributed by atoms with Crippen LogP contribution in [0.2, 0.25) is 0 Å². The Balaban J connectivity index is 1.59. The number of carbonyl (C=O) groups excluding carboxylic acids is 2. The quantitative estimate of drug-likeness (QED) is 0.530. The molecule has 2 aromatic carbocycles. The van der Waals surface area contributed by atoms with E-state index in [-0.39, 0.29) is 36.8 Å². The molecule has 34 heavy (non-hydrogen) atoms. The van der Waals surface area contributed by atoms with Crippen molar-refractivity contribution in [2.75, 3.05) is 40.0 Å². The van der Waals surface area contributed by atoms with Crippen molar-refractivity contribution >= 4 is 21.8 Å². The lowest BCUT2D eigenvalue weighted by atomic mass is 10.1. The number of hydrogen-bond acceptors (Lipinski definition) is 7. The molecule has 3 rings (SSSR count). The number of hydrogen-bond donors (Lipinski definition) is 2. The zero-order valence-electron chi connectivity index (χ0n) is 19.4. The highest BCUT2D eigenvalue weighted by Crippen LogP contribution is 2.28. The van der Waals surface area contributed by atoms with Crippen LogP contribution in [0.4, 0.5) is 0 Å². The highest BCUT2D eigenvalue weighted by Gasteiger charge is 2.29. The average molecular weight is 492 g/mol. The molecule has 10 nitrogen and oxygen atoms in total. The molecule has 2 amide bonds. The van der Waals surface area contributed by atoms with Gasteiger partial charge in [0.1, 0.15) is 16.4 Å². The molecular weight excluding hydrogens is 462 g/mol. The van der Waals surface area contributed by atoms with E-state index in [1.165, 1.54) is 23.5 Å². The summed E-state index contributed by atoms with van der Waals surface area (Å²) in [5.41, 5.74) is 6.88. The van der Waals surface area contributed by atoms with Crippen molar-refractivity contribution in [2.45, 2.75) is 25.2 Å². The van der Waals surface area contributed by atoms with Gasteiger partial charge in [0.05, 0.1) is 26.7 Å². The lowest BCUT2D eigenvalue weighted by molar-refractivity contribution is -0.129. The second kappa shape index (κ2) is 11.3. The zero-order valence-corrected chi connectivity index (χ0v) is 20.2. The largest absolute Gasteiger partial charge is 0.495 e. The Kier molecular flexibility index (Phi) is 8.48. The molecule has 0 atom stereocenters. The third kappa shape index (κ3) is 6.25. The first kappa shape index (κ1) is 25.5. The van der Waals surface area contributed by atoms with Crippen molar-refractivity contribution < 1.29 is 32.2 Å². The first-order chi connectivity index (χ1) is 16.2. The van der Waals surface area contributed by atoms with Crippen LogP contribution in [0, 0.1) is 13.8 Å². The Bertz CT molecular complexity index is 1120. The second-order valence-electron chi connectivity index (χ2n) is 7.78. The Labute approximate surface area is 199 Å². The number of nitrogens with one attached hydrogen (secondary N) is 2. The second-order valence-corrected chi connectivity index (χ2v) is 9.69. The molecule has 0 aromatic heterocycles. The topological polar surface area (TPSA) is 123 Å². The predicted octanol–water partition coefficient (Wildman–Crippen LogP) is 1.10. The van der Waals surface area contributed by atoms with E-state index >= 15 is 0 Å². The molecule has 184 valence electrons. The van der Waals surface area contributed by atoms with E-state index in [1.807, 2.05) is 32.0 Å². The minimum absolute atomic E-state index is 0.0202. The minimum atomic E-state index is -3.82.